The van der Waals surface area contributed by atoms with Crippen molar-refractivity contribution in [2.75, 3.05) is 13.1 Å². The molecule has 1 aliphatic heterocycles. The summed E-state index contributed by atoms with van der Waals surface area (Å²) in [5.41, 5.74) is -0.145. The molecule has 1 atom stereocenters. The Labute approximate surface area is 68.6 Å². The second-order valence-electron chi connectivity index (χ2n) is 3.88. The first-order chi connectivity index (χ1) is 5.17. The standard InChI is InChI=1S/C9H16N2/c1-9(2,7-10)8-4-3-5-11-6-8/h8,11H,3-6H2,1-2H3. The molecule has 0 aromatic heterocycles. The average molecular weight is 152 g/mol. The van der Waals surface area contributed by atoms with Gasteiger partial charge in [0.25, 0.3) is 0 Å². The molecule has 0 amide bonds. The second kappa shape index (κ2) is 3.23. The molecule has 1 aliphatic rings. The molecule has 0 radical (unpaired) electrons. The zero-order valence-corrected chi connectivity index (χ0v) is 7.35. The van der Waals surface area contributed by atoms with Gasteiger partial charge < -0.3 is 5.32 Å². The van der Waals surface area contributed by atoms with E-state index < -0.39 is 0 Å². The highest BCUT2D eigenvalue weighted by atomic mass is 14.9. The molecule has 1 fully saturated rings. The summed E-state index contributed by atoms with van der Waals surface area (Å²) < 4.78 is 0. The average Bonchev–Trinajstić information content (AvgIpc) is 2.06. The number of rotatable bonds is 1. The van der Waals surface area contributed by atoms with Gasteiger partial charge in [0.2, 0.25) is 0 Å². The molecule has 0 bridgehead atoms. The summed E-state index contributed by atoms with van der Waals surface area (Å²) in [5.74, 6) is 0.543. The largest absolute Gasteiger partial charge is 0.316 e. The molecule has 1 rings (SSSR count). The number of hydrogen-bond donors (Lipinski definition) is 1. The summed E-state index contributed by atoms with van der Waals surface area (Å²) in [4.78, 5) is 0. The van der Waals surface area contributed by atoms with Gasteiger partial charge in [0.15, 0.2) is 0 Å². The monoisotopic (exact) mass is 152 g/mol. The third-order valence-corrected chi connectivity index (χ3v) is 2.61. The molecule has 0 aromatic rings. The first-order valence-corrected chi connectivity index (χ1v) is 4.29. The molecule has 0 aliphatic carbocycles. The van der Waals surface area contributed by atoms with Crippen molar-refractivity contribution in [2.24, 2.45) is 11.3 Å². The highest BCUT2D eigenvalue weighted by Crippen LogP contribution is 2.30. The van der Waals surface area contributed by atoms with Crippen LogP contribution in [0.2, 0.25) is 0 Å². The van der Waals surface area contributed by atoms with Crippen molar-refractivity contribution < 1.29 is 0 Å². The number of hydrogen-bond acceptors (Lipinski definition) is 2. The summed E-state index contributed by atoms with van der Waals surface area (Å²) in [6.45, 7) is 6.20. The summed E-state index contributed by atoms with van der Waals surface area (Å²) in [6, 6.07) is 2.37. The van der Waals surface area contributed by atoms with E-state index in [1.807, 2.05) is 13.8 Å². The molecule has 11 heavy (non-hydrogen) atoms. The summed E-state index contributed by atoms with van der Waals surface area (Å²) >= 11 is 0. The molecule has 2 nitrogen and oxygen atoms in total. The molecule has 0 saturated carbocycles. The van der Waals surface area contributed by atoms with Crippen LogP contribution in [0.15, 0.2) is 0 Å². The lowest BCUT2D eigenvalue weighted by atomic mass is 9.76. The fraction of sp³-hybridized carbons (Fsp3) is 0.889. The van der Waals surface area contributed by atoms with Crippen LogP contribution in [0.25, 0.3) is 0 Å². The van der Waals surface area contributed by atoms with Crippen molar-refractivity contribution >= 4 is 0 Å². The van der Waals surface area contributed by atoms with Gasteiger partial charge in [-0.05, 0) is 45.7 Å². The minimum Gasteiger partial charge on any atom is -0.316 e. The van der Waals surface area contributed by atoms with Crippen LogP contribution in [0.4, 0.5) is 0 Å². The lowest BCUT2D eigenvalue weighted by Crippen LogP contribution is -2.37. The zero-order valence-electron chi connectivity index (χ0n) is 7.35. The number of nitrogens with one attached hydrogen (secondary N) is 1. The molecule has 0 aromatic carbocycles. The predicted octanol–water partition coefficient (Wildman–Crippen LogP) is 1.54. The van der Waals surface area contributed by atoms with E-state index in [0.29, 0.717) is 5.92 Å². The number of nitriles is 1. The Hall–Kier alpha value is -0.550. The summed E-state index contributed by atoms with van der Waals surface area (Å²) in [6.07, 6.45) is 2.42. The van der Waals surface area contributed by atoms with Crippen LogP contribution in [0.3, 0.4) is 0 Å². The maximum Gasteiger partial charge on any atom is 0.0687 e. The van der Waals surface area contributed by atoms with Crippen LogP contribution >= 0.6 is 0 Å². The van der Waals surface area contributed by atoms with Crippen molar-refractivity contribution in [3.05, 3.63) is 0 Å². The van der Waals surface area contributed by atoms with Gasteiger partial charge in [-0.2, -0.15) is 5.26 Å². The number of nitrogens with zero attached hydrogens (tertiary/aromatic N) is 1. The molecule has 2 heteroatoms. The Morgan fingerprint density at radius 2 is 2.27 bits per heavy atom. The van der Waals surface area contributed by atoms with Gasteiger partial charge in [-0.1, -0.05) is 0 Å². The van der Waals surface area contributed by atoms with Crippen molar-refractivity contribution in [1.82, 2.24) is 5.32 Å². The van der Waals surface area contributed by atoms with Crippen molar-refractivity contribution in [3.63, 3.8) is 0 Å². The van der Waals surface area contributed by atoms with Crippen LogP contribution in [-0.4, -0.2) is 13.1 Å². The molecular weight excluding hydrogens is 136 g/mol. The SMILES string of the molecule is CC(C)(C#N)C1CCCNC1. The van der Waals surface area contributed by atoms with E-state index in [1.165, 1.54) is 12.8 Å². The maximum absolute atomic E-state index is 8.87. The Morgan fingerprint density at radius 3 is 2.73 bits per heavy atom. The van der Waals surface area contributed by atoms with Crippen molar-refractivity contribution in [3.8, 4) is 6.07 Å². The minimum absolute atomic E-state index is 0.145. The van der Waals surface area contributed by atoms with Gasteiger partial charge in [-0.25, -0.2) is 0 Å². The molecule has 1 N–H and O–H groups in total. The van der Waals surface area contributed by atoms with Crippen LogP contribution in [-0.2, 0) is 0 Å². The van der Waals surface area contributed by atoms with Crippen LogP contribution in [0.1, 0.15) is 26.7 Å². The molecule has 1 saturated heterocycles. The molecule has 1 unspecified atom stereocenters. The summed E-state index contributed by atoms with van der Waals surface area (Å²) in [7, 11) is 0. The van der Waals surface area contributed by atoms with Crippen LogP contribution in [0.5, 0.6) is 0 Å². The normalized spacial score (nSPS) is 26.1. The third-order valence-electron chi connectivity index (χ3n) is 2.61. The van der Waals surface area contributed by atoms with E-state index in [4.69, 9.17) is 5.26 Å². The van der Waals surface area contributed by atoms with Gasteiger partial charge in [0.05, 0.1) is 11.5 Å². The van der Waals surface area contributed by atoms with Gasteiger partial charge in [0.1, 0.15) is 0 Å². The van der Waals surface area contributed by atoms with Crippen molar-refractivity contribution in [2.45, 2.75) is 26.7 Å². The maximum atomic E-state index is 8.87. The van der Waals surface area contributed by atoms with Gasteiger partial charge in [0, 0.05) is 0 Å². The van der Waals surface area contributed by atoms with E-state index in [2.05, 4.69) is 11.4 Å². The topological polar surface area (TPSA) is 35.8 Å². The number of piperidine rings is 1. The smallest absolute Gasteiger partial charge is 0.0687 e. The first-order valence-electron chi connectivity index (χ1n) is 4.29. The highest BCUT2D eigenvalue weighted by molar-refractivity contribution is 4.98. The second-order valence-corrected chi connectivity index (χ2v) is 3.88. The summed E-state index contributed by atoms with van der Waals surface area (Å²) in [5, 5.41) is 12.2. The molecule has 0 spiro atoms. The Balaban J connectivity index is 2.52. The quantitative estimate of drug-likeness (QED) is 0.618. The molecule has 62 valence electrons. The van der Waals surface area contributed by atoms with E-state index in [9.17, 15) is 0 Å². The predicted molar refractivity (Wildman–Crippen MR) is 45.0 cm³/mol. The lowest BCUT2D eigenvalue weighted by Gasteiger charge is -2.31. The van der Waals surface area contributed by atoms with Crippen LogP contribution < -0.4 is 5.32 Å². The van der Waals surface area contributed by atoms with Gasteiger partial charge >= 0.3 is 0 Å². The van der Waals surface area contributed by atoms with E-state index >= 15 is 0 Å². The first kappa shape index (κ1) is 8.55. The zero-order chi connectivity index (χ0) is 8.32. The van der Waals surface area contributed by atoms with Crippen molar-refractivity contribution in [1.29, 1.82) is 5.26 Å². The van der Waals surface area contributed by atoms with E-state index in [-0.39, 0.29) is 5.41 Å². The van der Waals surface area contributed by atoms with E-state index in [0.717, 1.165) is 13.1 Å². The fourth-order valence-electron chi connectivity index (χ4n) is 1.56. The fourth-order valence-corrected chi connectivity index (χ4v) is 1.56. The molecule has 1 heterocycles. The van der Waals surface area contributed by atoms with Gasteiger partial charge in [-0.15, -0.1) is 0 Å². The third kappa shape index (κ3) is 1.94. The Kier molecular flexibility index (Phi) is 2.51. The lowest BCUT2D eigenvalue weighted by molar-refractivity contribution is 0.233. The van der Waals surface area contributed by atoms with Crippen LogP contribution in [0, 0.1) is 22.7 Å². The van der Waals surface area contributed by atoms with E-state index in [1.54, 1.807) is 0 Å². The van der Waals surface area contributed by atoms with Gasteiger partial charge in [-0.3, -0.25) is 0 Å². The molecular formula is C9H16N2. The Morgan fingerprint density at radius 1 is 1.55 bits per heavy atom. The minimum atomic E-state index is -0.145. The Bertz CT molecular complexity index is 161. The highest BCUT2D eigenvalue weighted by Gasteiger charge is 2.30.